The van der Waals surface area contributed by atoms with Crippen LogP contribution < -0.4 is 0 Å². The number of benzene rings is 1. The normalized spacial score (nSPS) is 11.4. The Labute approximate surface area is 133 Å². The molecule has 6 nitrogen and oxygen atoms in total. The molecule has 0 amide bonds. The third-order valence-corrected chi connectivity index (χ3v) is 3.63. The summed E-state index contributed by atoms with van der Waals surface area (Å²) in [5.41, 5.74) is 3.43. The number of hydrogen-bond donors (Lipinski definition) is 1. The lowest BCUT2D eigenvalue weighted by molar-refractivity contribution is 0.0696. The van der Waals surface area contributed by atoms with Gasteiger partial charge in [-0.2, -0.15) is 0 Å². The largest absolute Gasteiger partial charge is 0.478 e. The Morgan fingerprint density at radius 3 is 2.74 bits per heavy atom. The van der Waals surface area contributed by atoms with Crippen LogP contribution in [0.25, 0.3) is 5.65 Å². The van der Waals surface area contributed by atoms with E-state index in [1.165, 1.54) is 12.3 Å². The first-order valence-corrected chi connectivity index (χ1v) is 7.31. The molecule has 1 aromatic carbocycles. The van der Waals surface area contributed by atoms with Crippen molar-refractivity contribution in [3.63, 3.8) is 0 Å². The molecule has 2 aromatic heterocycles. The molecule has 0 fully saturated rings. The van der Waals surface area contributed by atoms with Gasteiger partial charge in [-0.3, -0.25) is 4.40 Å². The maximum absolute atomic E-state index is 11.1. The van der Waals surface area contributed by atoms with Crippen molar-refractivity contribution in [1.29, 1.82) is 0 Å². The number of carbonyl (C=O) groups is 1. The number of pyridine rings is 1. The van der Waals surface area contributed by atoms with E-state index in [0.717, 1.165) is 17.7 Å². The Kier molecular flexibility index (Phi) is 3.89. The third kappa shape index (κ3) is 2.83. The molecule has 0 saturated carbocycles. The standard InChI is InChI=1S/C17H16N4O2/c1-3-12-6-4-5-7-14(12)19-20-16-11(2)18-15-9-8-13(17(22)23)10-21(15)16/h4-10H,3H2,1-2H3,(H,22,23). The van der Waals surface area contributed by atoms with Crippen molar-refractivity contribution < 1.29 is 9.90 Å². The molecular weight excluding hydrogens is 292 g/mol. The fourth-order valence-electron chi connectivity index (χ4n) is 2.41. The van der Waals surface area contributed by atoms with Crippen LogP contribution in [0, 0.1) is 6.92 Å². The van der Waals surface area contributed by atoms with Crippen LogP contribution in [0.1, 0.15) is 28.5 Å². The predicted octanol–water partition coefficient (Wildman–Crippen LogP) is 4.32. The van der Waals surface area contributed by atoms with Crippen LogP contribution in [0.4, 0.5) is 11.5 Å². The van der Waals surface area contributed by atoms with E-state index >= 15 is 0 Å². The van der Waals surface area contributed by atoms with Crippen molar-refractivity contribution in [1.82, 2.24) is 9.38 Å². The lowest BCUT2D eigenvalue weighted by Gasteiger charge is -2.01. The number of azo groups is 1. The number of aromatic nitrogens is 2. The van der Waals surface area contributed by atoms with Gasteiger partial charge in [0.25, 0.3) is 0 Å². The molecule has 3 rings (SSSR count). The fourth-order valence-corrected chi connectivity index (χ4v) is 2.41. The lowest BCUT2D eigenvalue weighted by atomic mass is 10.1. The molecule has 1 N–H and O–H groups in total. The summed E-state index contributed by atoms with van der Waals surface area (Å²) in [7, 11) is 0. The van der Waals surface area contributed by atoms with E-state index in [4.69, 9.17) is 5.11 Å². The van der Waals surface area contributed by atoms with Gasteiger partial charge in [-0.05, 0) is 37.1 Å². The summed E-state index contributed by atoms with van der Waals surface area (Å²) in [5, 5.41) is 17.8. The van der Waals surface area contributed by atoms with Crippen molar-refractivity contribution in [2.24, 2.45) is 10.2 Å². The number of carboxylic acid groups (broad SMARTS) is 1. The maximum Gasteiger partial charge on any atom is 0.337 e. The Morgan fingerprint density at radius 1 is 1.22 bits per heavy atom. The second-order valence-electron chi connectivity index (χ2n) is 5.15. The van der Waals surface area contributed by atoms with Crippen LogP contribution in [-0.4, -0.2) is 20.5 Å². The Morgan fingerprint density at radius 2 is 2.00 bits per heavy atom. The van der Waals surface area contributed by atoms with Gasteiger partial charge < -0.3 is 5.11 Å². The van der Waals surface area contributed by atoms with Gasteiger partial charge in [0.15, 0.2) is 5.82 Å². The van der Waals surface area contributed by atoms with E-state index in [0.29, 0.717) is 17.2 Å². The molecule has 0 aliphatic heterocycles. The molecule has 0 aliphatic carbocycles. The first kappa shape index (κ1) is 14.9. The highest BCUT2D eigenvalue weighted by molar-refractivity contribution is 5.87. The highest BCUT2D eigenvalue weighted by atomic mass is 16.4. The molecule has 0 atom stereocenters. The average Bonchev–Trinajstić information content (AvgIpc) is 2.87. The zero-order chi connectivity index (χ0) is 16.4. The molecule has 0 bridgehead atoms. The number of hydrogen-bond acceptors (Lipinski definition) is 4. The van der Waals surface area contributed by atoms with Gasteiger partial charge in [-0.15, -0.1) is 10.2 Å². The van der Waals surface area contributed by atoms with Crippen LogP contribution in [-0.2, 0) is 6.42 Å². The van der Waals surface area contributed by atoms with Gasteiger partial charge in [0, 0.05) is 6.20 Å². The van der Waals surface area contributed by atoms with E-state index in [9.17, 15) is 4.79 Å². The number of imidazole rings is 1. The smallest absolute Gasteiger partial charge is 0.337 e. The van der Waals surface area contributed by atoms with E-state index in [-0.39, 0.29) is 5.56 Å². The minimum absolute atomic E-state index is 0.181. The number of rotatable bonds is 4. The Hall–Kier alpha value is -3.02. The molecular formula is C17H16N4O2. The van der Waals surface area contributed by atoms with Gasteiger partial charge in [0.05, 0.1) is 16.9 Å². The average molecular weight is 308 g/mol. The second kappa shape index (κ2) is 6.00. The van der Waals surface area contributed by atoms with Crippen LogP contribution in [0.5, 0.6) is 0 Å². The molecule has 0 unspecified atom stereocenters. The summed E-state index contributed by atoms with van der Waals surface area (Å²) < 4.78 is 1.65. The topological polar surface area (TPSA) is 79.3 Å². The van der Waals surface area contributed by atoms with Crippen molar-refractivity contribution in [2.45, 2.75) is 20.3 Å². The van der Waals surface area contributed by atoms with Gasteiger partial charge in [0.1, 0.15) is 5.65 Å². The van der Waals surface area contributed by atoms with Crippen molar-refractivity contribution in [3.05, 3.63) is 59.4 Å². The van der Waals surface area contributed by atoms with E-state index in [2.05, 4.69) is 22.1 Å². The first-order chi connectivity index (χ1) is 11.1. The van der Waals surface area contributed by atoms with Crippen molar-refractivity contribution >= 4 is 23.1 Å². The van der Waals surface area contributed by atoms with Crippen LogP contribution in [0.15, 0.2) is 52.8 Å². The second-order valence-corrected chi connectivity index (χ2v) is 5.15. The molecule has 3 aromatic rings. The summed E-state index contributed by atoms with van der Waals surface area (Å²) >= 11 is 0. The van der Waals surface area contributed by atoms with Crippen molar-refractivity contribution in [3.8, 4) is 0 Å². The Bertz CT molecular complexity index is 912. The monoisotopic (exact) mass is 308 g/mol. The zero-order valence-electron chi connectivity index (χ0n) is 12.9. The van der Waals surface area contributed by atoms with Crippen LogP contribution in [0.3, 0.4) is 0 Å². The molecule has 6 heteroatoms. The predicted molar refractivity (Wildman–Crippen MR) is 86.9 cm³/mol. The van der Waals surface area contributed by atoms with Crippen LogP contribution in [0.2, 0.25) is 0 Å². The molecule has 116 valence electrons. The summed E-state index contributed by atoms with van der Waals surface area (Å²) in [5.74, 6) is -0.452. The van der Waals surface area contributed by atoms with E-state index < -0.39 is 5.97 Å². The van der Waals surface area contributed by atoms with Crippen molar-refractivity contribution in [2.75, 3.05) is 0 Å². The first-order valence-electron chi connectivity index (χ1n) is 7.31. The van der Waals surface area contributed by atoms with E-state index in [1.54, 1.807) is 10.5 Å². The highest BCUT2D eigenvalue weighted by Gasteiger charge is 2.11. The van der Waals surface area contributed by atoms with Gasteiger partial charge in [-0.1, -0.05) is 25.1 Å². The summed E-state index contributed by atoms with van der Waals surface area (Å²) in [6.45, 7) is 3.89. The molecule has 0 radical (unpaired) electrons. The van der Waals surface area contributed by atoms with Crippen LogP contribution >= 0.6 is 0 Å². The number of aryl methyl sites for hydroxylation is 2. The number of carboxylic acids is 1. The zero-order valence-corrected chi connectivity index (χ0v) is 12.9. The number of fused-ring (bicyclic) bond motifs is 1. The third-order valence-electron chi connectivity index (χ3n) is 3.63. The summed E-state index contributed by atoms with van der Waals surface area (Å²) in [6.07, 6.45) is 2.38. The minimum atomic E-state index is -0.988. The summed E-state index contributed by atoms with van der Waals surface area (Å²) in [6, 6.07) is 11.0. The van der Waals surface area contributed by atoms with Gasteiger partial charge in [-0.25, -0.2) is 9.78 Å². The SMILES string of the molecule is CCc1ccccc1N=Nc1c(C)nc2ccc(C(=O)O)cn12. The molecule has 2 heterocycles. The fraction of sp³-hybridized carbons (Fsp3) is 0.176. The minimum Gasteiger partial charge on any atom is -0.478 e. The number of aromatic carboxylic acids is 1. The summed E-state index contributed by atoms with van der Waals surface area (Å²) in [4.78, 5) is 15.5. The van der Waals surface area contributed by atoms with Gasteiger partial charge >= 0.3 is 5.97 Å². The Balaban J connectivity index is 2.08. The quantitative estimate of drug-likeness (QED) is 0.729. The lowest BCUT2D eigenvalue weighted by Crippen LogP contribution is -1.98. The number of nitrogens with zero attached hydrogens (tertiary/aromatic N) is 4. The van der Waals surface area contributed by atoms with Gasteiger partial charge in [0.2, 0.25) is 0 Å². The van der Waals surface area contributed by atoms with E-state index in [1.807, 2.05) is 31.2 Å². The molecule has 23 heavy (non-hydrogen) atoms. The molecule has 0 saturated heterocycles. The maximum atomic E-state index is 11.1. The molecule has 0 spiro atoms. The molecule has 0 aliphatic rings. The highest BCUT2D eigenvalue weighted by Crippen LogP contribution is 2.26.